The molecule has 0 aromatic heterocycles. The average molecular weight is 597 g/mol. The van der Waals surface area contributed by atoms with E-state index in [1.54, 1.807) is 28.8 Å². The molecule has 216 valence electrons. The van der Waals surface area contributed by atoms with Crippen molar-refractivity contribution in [2.75, 3.05) is 4.90 Å². The maximum Gasteiger partial charge on any atom is 0.424 e. The number of rotatable bonds is 2. The Morgan fingerprint density at radius 1 is 0.795 bits per heavy atom. The first-order valence-electron chi connectivity index (χ1n) is 14.8. The number of para-hydroxylation sites is 2. The minimum atomic E-state index is -0.513. The number of allylic oxidation sites excluding steroid dienone is 1. The molecule has 1 unspecified atom stereocenters. The Bertz CT molecular complexity index is 1930. The zero-order chi connectivity index (χ0) is 30.2. The monoisotopic (exact) mass is 596 g/mol. The number of anilines is 2. The fourth-order valence-corrected chi connectivity index (χ4v) is 8.13. The van der Waals surface area contributed by atoms with Gasteiger partial charge in [-0.2, -0.15) is 0 Å². The van der Waals surface area contributed by atoms with E-state index in [4.69, 9.17) is 9.73 Å². The number of ketones is 2. The highest BCUT2D eigenvalue weighted by Crippen LogP contribution is 2.52. The molecule has 1 amide bonds. The number of aliphatic imine (C=N–C) groups is 1. The zero-order valence-electron chi connectivity index (χ0n) is 24.2. The van der Waals surface area contributed by atoms with Crippen molar-refractivity contribution < 1.29 is 19.1 Å². The van der Waals surface area contributed by atoms with Crippen LogP contribution in [0.2, 0.25) is 0 Å². The molecule has 1 saturated carbocycles. The van der Waals surface area contributed by atoms with Crippen LogP contribution in [0, 0.1) is 11.3 Å². The number of carbonyl (C=O) groups excluding carboxylic acids is 3. The quantitative estimate of drug-likeness (QED) is 0.232. The van der Waals surface area contributed by atoms with E-state index in [1.807, 2.05) is 84.9 Å². The van der Waals surface area contributed by atoms with Crippen molar-refractivity contribution in [2.45, 2.75) is 42.4 Å². The second kappa shape index (κ2) is 9.89. The van der Waals surface area contributed by atoms with Gasteiger partial charge in [0.15, 0.2) is 5.78 Å². The summed E-state index contributed by atoms with van der Waals surface area (Å²) in [6.45, 7) is 4.19. The molecule has 0 radical (unpaired) electrons. The Labute approximate surface area is 259 Å². The summed E-state index contributed by atoms with van der Waals surface area (Å²) in [7, 11) is 0. The number of carbonyl (C=O) groups is 3. The van der Waals surface area contributed by atoms with Gasteiger partial charge in [-0.05, 0) is 53.8 Å². The Hall–Kier alpha value is -4.75. The van der Waals surface area contributed by atoms with Gasteiger partial charge in [0, 0.05) is 44.5 Å². The van der Waals surface area contributed by atoms with Gasteiger partial charge in [-0.3, -0.25) is 14.6 Å². The van der Waals surface area contributed by atoms with Gasteiger partial charge in [-0.1, -0.05) is 86.3 Å². The average Bonchev–Trinajstić information content (AvgIpc) is 3.29. The largest absolute Gasteiger partial charge is 0.424 e. The Morgan fingerprint density at radius 2 is 1.41 bits per heavy atom. The fraction of sp³-hybridized carbons (Fsp3) is 0.189. The van der Waals surface area contributed by atoms with Crippen LogP contribution in [0.15, 0.2) is 117 Å². The summed E-state index contributed by atoms with van der Waals surface area (Å²) in [5, 5.41) is 0. The lowest BCUT2D eigenvalue weighted by Crippen LogP contribution is -2.43. The van der Waals surface area contributed by atoms with E-state index >= 15 is 0 Å². The molecule has 4 aliphatic rings. The topological polar surface area (TPSA) is 76.0 Å². The summed E-state index contributed by atoms with van der Waals surface area (Å²) in [5.74, 6) is -0.535. The molecule has 6 nitrogen and oxygen atoms in total. The first kappa shape index (κ1) is 26.8. The highest BCUT2D eigenvalue weighted by Gasteiger charge is 2.50. The predicted octanol–water partition coefficient (Wildman–Crippen LogP) is 8.64. The molecule has 44 heavy (non-hydrogen) atoms. The van der Waals surface area contributed by atoms with Gasteiger partial charge in [-0.15, -0.1) is 0 Å². The first-order valence-corrected chi connectivity index (χ1v) is 15.6. The molecule has 4 aromatic rings. The van der Waals surface area contributed by atoms with Crippen LogP contribution in [0.4, 0.5) is 16.2 Å². The van der Waals surface area contributed by atoms with E-state index in [0.717, 1.165) is 38.0 Å². The van der Waals surface area contributed by atoms with Crippen molar-refractivity contribution in [3.63, 3.8) is 0 Å². The second-order valence-corrected chi connectivity index (χ2v) is 13.6. The standard InChI is InChI=1S/C37H28N2O4S/c1-37(2)19-25-32(28(40)20-37)31(33-34(38-25)23-9-3-4-10-24(23)35(33)41)21-15-17-22(18-16-21)43-36(42)39-26-11-5-7-13-29(26)44-30-14-8-6-12-27(30)39/h3-18,31-32H,19-20H2,1-2H3/t31-,32?/m1/s1. The maximum absolute atomic E-state index is 13.8. The first-order chi connectivity index (χ1) is 21.3. The second-order valence-electron chi connectivity index (χ2n) is 12.5. The van der Waals surface area contributed by atoms with E-state index in [2.05, 4.69) is 13.8 Å². The Balaban J connectivity index is 1.14. The van der Waals surface area contributed by atoms with Gasteiger partial charge in [-0.25, -0.2) is 9.69 Å². The lowest BCUT2D eigenvalue weighted by atomic mass is 9.63. The van der Waals surface area contributed by atoms with Crippen LogP contribution in [0.25, 0.3) is 5.70 Å². The minimum Gasteiger partial charge on any atom is -0.410 e. The van der Waals surface area contributed by atoms with Crippen LogP contribution in [0.5, 0.6) is 5.75 Å². The van der Waals surface area contributed by atoms with Gasteiger partial charge in [0.2, 0.25) is 0 Å². The van der Waals surface area contributed by atoms with Crippen LogP contribution in [-0.2, 0) is 4.79 Å². The highest BCUT2D eigenvalue weighted by atomic mass is 32.2. The molecular formula is C37H28N2O4S. The summed E-state index contributed by atoms with van der Waals surface area (Å²) < 4.78 is 5.93. The molecule has 2 atom stereocenters. The van der Waals surface area contributed by atoms with Crippen molar-refractivity contribution in [2.24, 2.45) is 16.3 Å². The summed E-state index contributed by atoms with van der Waals surface area (Å²) in [6.07, 6.45) is 0.616. The summed E-state index contributed by atoms with van der Waals surface area (Å²) in [5.41, 5.74) is 5.73. The number of hydrogen-bond acceptors (Lipinski definition) is 6. The van der Waals surface area contributed by atoms with E-state index < -0.39 is 17.9 Å². The van der Waals surface area contributed by atoms with E-state index in [1.165, 1.54) is 0 Å². The normalized spacial score (nSPS) is 21.0. The lowest BCUT2D eigenvalue weighted by Gasteiger charge is -2.40. The van der Waals surface area contributed by atoms with Gasteiger partial charge >= 0.3 is 6.09 Å². The number of amides is 1. The fourth-order valence-electron chi connectivity index (χ4n) is 7.07. The lowest BCUT2D eigenvalue weighted by molar-refractivity contribution is -0.124. The number of hydrogen-bond donors (Lipinski definition) is 0. The van der Waals surface area contributed by atoms with Crippen molar-refractivity contribution in [1.29, 1.82) is 0 Å². The van der Waals surface area contributed by atoms with Crippen LogP contribution in [-0.4, -0.2) is 23.4 Å². The minimum absolute atomic E-state index is 0.0724. The van der Waals surface area contributed by atoms with E-state index in [0.29, 0.717) is 35.4 Å². The third-order valence-electron chi connectivity index (χ3n) is 8.90. The Morgan fingerprint density at radius 3 is 2.09 bits per heavy atom. The third-order valence-corrected chi connectivity index (χ3v) is 10.0. The van der Waals surface area contributed by atoms with Crippen LogP contribution >= 0.6 is 11.8 Å². The number of fused-ring (bicyclic) bond motifs is 5. The van der Waals surface area contributed by atoms with Gasteiger partial charge < -0.3 is 4.74 Å². The Kier molecular flexibility index (Phi) is 6.04. The van der Waals surface area contributed by atoms with Gasteiger partial charge in [0.1, 0.15) is 11.5 Å². The van der Waals surface area contributed by atoms with E-state index in [9.17, 15) is 14.4 Å². The molecular weight excluding hydrogens is 568 g/mol. The number of benzene rings is 4. The van der Waals surface area contributed by atoms with Crippen molar-refractivity contribution >= 4 is 52.2 Å². The molecule has 8 rings (SSSR count). The number of nitrogens with zero attached hydrogens (tertiary/aromatic N) is 2. The maximum atomic E-state index is 13.8. The van der Waals surface area contributed by atoms with E-state index in [-0.39, 0.29) is 17.0 Å². The molecule has 0 spiro atoms. The van der Waals surface area contributed by atoms with Crippen LogP contribution in [0.3, 0.4) is 0 Å². The summed E-state index contributed by atoms with van der Waals surface area (Å²) in [4.78, 5) is 49.7. The van der Waals surface area contributed by atoms with Crippen LogP contribution < -0.4 is 9.64 Å². The molecule has 0 N–H and O–H groups in total. The highest BCUT2D eigenvalue weighted by molar-refractivity contribution is 7.99. The van der Waals surface area contributed by atoms with Crippen molar-refractivity contribution in [1.82, 2.24) is 0 Å². The van der Waals surface area contributed by atoms with Gasteiger partial charge in [0.05, 0.1) is 23.0 Å². The smallest absolute Gasteiger partial charge is 0.410 e. The molecule has 0 saturated heterocycles. The number of Topliss-reactive ketones (excluding diaryl/α,β-unsaturated/α-hetero) is 2. The van der Waals surface area contributed by atoms with Gasteiger partial charge in [0.25, 0.3) is 0 Å². The molecule has 2 heterocycles. The zero-order valence-corrected chi connectivity index (χ0v) is 25.1. The van der Waals surface area contributed by atoms with Crippen molar-refractivity contribution in [3.8, 4) is 5.75 Å². The molecule has 1 fully saturated rings. The summed E-state index contributed by atoms with van der Waals surface area (Å²) in [6, 6.07) is 30.3. The molecule has 2 aliphatic carbocycles. The molecule has 4 aromatic carbocycles. The molecule has 0 bridgehead atoms. The predicted molar refractivity (Wildman–Crippen MR) is 171 cm³/mol. The van der Waals surface area contributed by atoms with Crippen molar-refractivity contribution in [3.05, 3.63) is 119 Å². The SMILES string of the molecule is CC1(C)CC(=O)C2C(=NC3=C(C(=O)c4ccccc43)[C@@H]2c2ccc(OC(=O)N3c4ccccc4Sc4ccccc43)cc2)C1. The van der Waals surface area contributed by atoms with Crippen LogP contribution in [0.1, 0.15) is 54.1 Å². The number of ether oxygens (including phenoxy) is 1. The third kappa shape index (κ3) is 4.18. The summed E-state index contributed by atoms with van der Waals surface area (Å²) >= 11 is 1.62. The molecule has 7 heteroatoms. The molecule has 2 aliphatic heterocycles.